The molecular formula is C13H23N3O. The number of hydrogen-bond acceptors (Lipinski definition) is 3. The summed E-state index contributed by atoms with van der Waals surface area (Å²) in [6.07, 6.45) is 8.50. The van der Waals surface area contributed by atoms with Gasteiger partial charge in [0.15, 0.2) is 0 Å². The molecule has 3 rings (SSSR count). The van der Waals surface area contributed by atoms with E-state index in [2.05, 4.69) is 10.2 Å². The van der Waals surface area contributed by atoms with Gasteiger partial charge in [-0.1, -0.05) is 12.8 Å². The summed E-state index contributed by atoms with van der Waals surface area (Å²) >= 11 is 0. The molecule has 0 aromatic rings. The van der Waals surface area contributed by atoms with Crippen LogP contribution in [0.3, 0.4) is 0 Å². The number of amides is 1. The standard InChI is InChI=1S/C13H23N3O/c14-12(17)13(15-10-3-1-2-4-10)7-8-16(9-13)11-5-6-11/h10-11,15H,1-9H2,(H2,14,17). The molecule has 17 heavy (non-hydrogen) atoms. The Labute approximate surface area is 103 Å². The zero-order valence-corrected chi connectivity index (χ0v) is 10.5. The third-order valence-corrected chi connectivity index (χ3v) is 4.67. The normalized spacial score (nSPS) is 35.5. The SMILES string of the molecule is NC(=O)C1(NC2CCCC2)CCN(C2CC2)C1. The summed E-state index contributed by atoms with van der Waals surface area (Å²) in [6.45, 7) is 1.87. The smallest absolute Gasteiger partial charge is 0.239 e. The van der Waals surface area contributed by atoms with Crippen LogP contribution in [0, 0.1) is 0 Å². The topological polar surface area (TPSA) is 58.4 Å². The molecular weight excluding hydrogens is 214 g/mol. The summed E-state index contributed by atoms with van der Waals surface area (Å²) in [5.74, 6) is -0.146. The first kappa shape index (κ1) is 11.5. The summed E-state index contributed by atoms with van der Waals surface area (Å²) in [6, 6.07) is 1.25. The fourth-order valence-electron chi connectivity index (χ4n) is 3.44. The van der Waals surface area contributed by atoms with Crippen molar-refractivity contribution in [2.24, 2.45) is 5.73 Å². The van der Waals surface area contributed by atoms with E-state index < -0.39 is 5.54 Å². The van der Waals surface area contributed by atoms with Gasteiger partial charge < -0.3 is 5.73 Å². The van der Waals surface area contributed by atoms with Gasteiger partial charge in [0.2, 0.25) is 5.91 Å². The average molecular weight is 237 g/mol. The third kappa shape index (κ3) is 2.20. The molecule has 1 aliphatic heterocycles. The number of rotatable bonds is 4. The summed E-state index contributed by atoms with van der Waals surface area (Å²) in [7, 11) is 0. The number of nitrogens with zero attached hydrogens (tertiary/aromatic N) is 1. The number of likely N-dealkylation sites (tertiary alicyclic amines) is 1. The van der Waals surface area contributed by atoms with Gasteiger partial charge in [-0.2, -0.15) is 0 Å². The Morgan fingerprint density at radius 2 is 1.94 bits per heavy atom. The highest BCUT2D eigenvalue weighted by Gasteiger charge is 2.47. The first-order valence-corrected chi connectivity index (χ1v) is 7.01. The van der Waals surface area contributed by atoms with Gasteiger partial charge in [0, 0.05) is 25.2 Å². The van der Waals surface area contributed by atoms with Crippen LogP contribution in [0.5, 0.6) is 0 Å². The number of carbonyl (C=O) groups excluding carboxylic acids is 1. The molecule has 0 aromatic carbocycles. The summed E-state index contributed by atoms with van der Waals surface area (Å²) in [5.41, 5.74) is 5.23. The van der Waals surface area contributed by atoms with Crippen LogP contribution in [0.1, 0.15) is 44.9 Å². The van der Waals surface area contributed by atoms with Crippen molar-refractivity contribution in [2.75, 3.05) is 13.1 Å². The molecule has 1 saturated heterocycles. The summed E-state index contributed by atoms with van der Waals surface area (Å²) in [4.78, 5) is 14.3. The molecule has 1 amide bonds. The van der Waals surface area contributed by atoms with Crippen LogP contribution in [0.2, 0.25) is 0 Å². The van der Waals surface area contributed by atoms with Crippen molar-refractivity contribution in [1.29, 1.82) is 0 Å². The summed E-state index contributed by atoms with van der Waals surface area (Å²) < 4.78 is 0. The maximum Gasteiger partial charge on any atom is 0.239 e. The lowest BCUT2D eigenvalue weighted by Gasteiger charge is -2.31. The van der Waals surface area contributed by atoms with Crippen LogP contribution in [0.15, 0.2) is 0 Å². The summed E-state index contributed by atoms with van der Waals surface area (Å²) in [5, 5.41) is 3.59. The molecule has 0 spiro atoms. The molecule has 1 unspecified atom stereocenters. The lowest BCUT2D eigenvalue weighted by Crippen LogP contribution is -2.59. The molecule has 4 nitrogen and oxygen atoms in total. The molecule has 3 N–H and O–H groups in total. The van der Waals surface area contributed by atoms with Crippen molar-refractivity contribution in [3.63, 3.8) is 0 Å². The highest BCUT2D eigenvalue weighted by Crippen LogP contribution is 2.34. The van der Waals surface area contributed by atoms with Gasteiger partial charge in [0.05, 0.1) is 0 Å². The molecule has 3 aliphatic rings. The quantitative estimate of drug-likeness (QED) is 0.753. The maximum atomic E-state index is 11.8. The lowest BCUT2D eigenvalue weighted by atomic mass is 9.96. The number of nitrogens with one attached hydrogen (secondary N) is 1. The van der Waals surface area contributed by atoms with Gasteiger partial charge in [-0.3, -0.25) is 15.0 Å². The van der Waals surface area contributed by atoms with Crippen molar-refractivity contribution >= 4 is 5.91 Å². The molecule has 2 aliphatic carbocycles. The van der Waals surface area contributed by atoms with E-state index in [-0.39, 0.29) is 5.91 Å². The number of carbonyl (C=O) groups is 1. The first-order valence-electron chi connectivity index (χ1n) is 7.01. The minimum absolute atomic E-state index is 0.146. The predicted molar refractivity (Wildman–Crippen MR) is 66.5 cm³/mol. The number of primary amides is 1. The van der Waals surface area contributed by atoms with E-state index >= 15 is 0 Å². The number of hydrogen-bond donors (Lipinski definition) is 2. The monoisotopic (exact) mass is 237 g/mol. The molecule has 0 bridgehead atoms. The van der Waals surface area contributed by atoms with Crippen LogP contribution in [-0.2, 0) is 4.79 Å². The van der Waals surface area contributed by atoms with Gasteiger partial charge >= 0.3 is 0 Å². The predicted octanol–water partition coefficient (Wildman–Crippen LogP) is 0.611. The second-order valence-electron chi connectivity index (χ2n) is 6.02. The highest BCUT2D eigenvalue weighted by atomic mass is 16.1. The Kier molecular flexibility index (Phi) is 2.87. The van der Waals surface area contributed by atoms with Crippen LogP contribution in [-0.4, -0.2) is 41.5 Å². The fourth-order valence-corrected chi connectivity index (χ4v) is 3.44. The second-order valence-corrected chi connectivity index (χ2v) is 6.02. The van der Waals surface area contributed by atoms with Gasteiger partial charge in [0.1, 0.15) is 5.54 Å². The van der Waals surface area contributed by atoms with Crippen molar-refractivity contribution in [3.05, 3.63) is 0 Å². The first-order chi connectivity index (χ1) is 8.20. The molecule has 3 fully saturated rings. The van der Waals surface area contributed by atoms with Crippen LogP contribution >= 0.6 is 0 Å². The minimum atomic E-state index is -0.433. The zero-order chi connectivity index (χ0) is 11.9. The van der Waals surface area contributed by atoms with E-state index in [0.29, 0.717) is 6.04 Å². The van der Waals surface area contributed by atoms with Gasteiger partial charge in [0.25, 0.3) is 0 Å². The zero-order valence-electron chi connectivity index (χ0n) is 10.5. The van der Waals surface area contributed by atoms with Gasteiger partial charge in [-0.05, 0) is 32.1 Å². The van der Waals surface area contributed by atoms with E-state index in [1.165, 1.54) is 38.5 Å². The van der Waals surface area contributed by atoms with E-state index in [9.17, 15) is 4.79 Å². The fraction of sp³-hybridized carbons (Fsp3) is 0.923. The molecule has 1 heterocycles. The Bertz CT molecular complexity index is 310. The Hall–Kier alpha value is -0.610. The Balaban J connectivity index is 1.67. The number of nitrogens with two attached hydrogens (primary N) is 1. The Morgan fingerprint density at radius 3 is 2.53 bits per heavy atom. The maximum absolute atomic E-state index is 11.8. The molecule has 0 aromatic heterocycles. The Morgan fingerprint density at radius 1 is 1.24 bits per heavy atom. The van der Waals surface area contributed by atoms with E-state index in [0.717, 1.165) is 25.6 Å². The molecule has 2 saturated carbocycles. The lowest BCUT2D eigenvalue weighted by molar-refractivity contribution is -0.124. The second kappa shape index (κ2) is 4.25. The van der Waals surface area contributed by atoms with Crippen LogP contribution < -0.4 is 11.1 Å². The minimum Gasteiger partial charge on any atom is -0.368 e. The molecule has 1 atom stereocenters. The third-order valence-electron chi connectivity index (χ3n) is 4.67. The van der Waals surface area contributed by atoms with Crippen LogP contribution in [0.4, 0.5) is 0 Å². The van der Waals surface area contributed by atoms with Crippen molar-refractivity contribution < 1.29 is 4.79 Å². The van der Waals surface area contributed by atoms with Crippen molar-refractivity contribution in [1.82, 2.24) is 10.2 Å². The van der Waals surface area contributed by atoms with Crippen molar-refractivity contribution in [3.8, 4) is 0 Å². The van der Waals surface area contributed by atoms with E-state index in [1.54, 1.807) is 0 Å². The van der Waals surface area contributed by atoms with Gasteiger partial charge in [-0.15, -0.1) is 0 Å². The molecule has 4 heteroatoms. The molecule has 96 valence electrons. The van der Waals surface area contributed by atoms with Gasteiger partial charge in [-0.25, -0.2) is 0 Å². The van der Waals surface area contributed by atoms with Crippen LogP contribution in [0.25, 0.3) is 0 Å². The highest BCUT2D eigenvalue weighted by molar-refractivity contribution is 5.85. The van der Waals surface area contributed by atoms with E-state index in [1.807, 2.05) is 0 Å². The average Bonchev–Trinajstić information content (AvgIpc) is 2.87. The van der Waals surface area contributed by atoms with Crippen molar-refractivity contribution in [2.45, 2.75) is 62.6 Å². The van der Waals surface area contributed by atoms with E-state index in [4.69, 9.17) is 5.73 Å². The largest absolute Gasteiger partial charge is 0.368 e. The molecule has 0 radical (unpaired) electrons.